The molecule has 0 fully saturated rings. The molecule has 1 heterocycles. The number of ketones is 1. The summed E-state index contributed by atoms with van der Waals surface area (Å²) < 4.78 is 0. The highest BCUT2D eigenvalue weighted by molar-refractivity contribution is 6.35. The molecule has 0 spiro atoms. The van der Waals surface area contributed by atoms with Gasteiger partial charge in [0, 0.05) is 22.5 Å². The van der Waals surface area contributed by atoms with E-state index in [1.807, 2.05) is 12.1 Å². The summed E-state index contributed by atoms with van der Waals surface area (Å²) in [5.41, 5.74) is 2.01. The topological polar surface area (TPSA) is 66.9 Å². The molecule has 5 nitrogen and oxygen atoms in total. The molecule has 0 atom stereocenters. The summed E-state index contributed by atoms with van der Waals surface area (Å²) in [6, 6.07) is 14.0. The van der Waals surface area contributed by atoms with Crippen molar-refractivity contribution < 1.29 is 4.79 Å². The molecule has 3 aromatic rings. The third-order valence-corrected chi connectivity index (χ3v) is 3.94. The van der Waals surface area contributed by atoms with Crippen LogP contribution in [0.1, 0.15) is 17.3 Å². The van der Waals surface area contributed by atoms with E-state index in [-0.39, 0.29) is 5.78 Å². The molecule has 0 bridgehead atoms. The van der Waals surface area contributed by atoms with Gasteiger partial charge in [-0.3, -0.25) is 4.79 Å². The summed E-state index contributed by atoms with van der Waals surface area (Å²) >= 11 is 12.1. The van der Waals surface area contributed by atoms with Crippen molar-refractivity contribution in [2.45, 2.75) is 6.92 Å². The molecule has 0 saturated carbocycles. The molecule has 2 aromatic carbocycles. The van der Waals surface area contributed by atoms with Crippen molar-refractivity contribution in [3.05, 3.63) is 70.3 Å². The highest BCUT2D eigenvalue weighted by atomic mass is 35.5. The lowest BCUT2D eigenvalue weighted by Crippen LogP contribution is -2.01. The van der Waals surface area contributed by atoms with Gasteiger partial charge in [0.1, 0.15) is 5.82 Å². The Hall–Kier alpha value is -2.63. The van der Waals surface area contributed by atoms with Crippen molar-refractivity contribution in [2.75, 3.05) is 10.6 Å². The second-order valence-electron chi connectivity index (χ2n) is 5.28. The van der Waals surface area contributed by atoms with Gasteiger partial charge in [0.15, 0.2) is 5.78 Å². The molecule has 3 rings (SSSR count). The van der Waals surface area contributed by atoms with Crippen molar-refractivity contribution in [3.8, 4) is 0 Å². The lowest BCUT2D eigenvalue weighted by Gasteiger charge is -2.10. The molecule has 0 radical (unpaired) electrons. The van der Waals surface area contributed by atoms with E-state index in [4.69, 9.17) is 23.2 Å². The Morgan fingerprint density at radius 2 is 1.88 bits per heavy atom. The number of rotatable bonds is 5. The molecule has 1 aromatic heterocycles. The maximum atomic E-state index is 11.5. The third-order valence-electron chi connectivity index (χ3n) is 3.37. The van der Waals surface area contributed by atoms with Crippen LogP contribution in [-0.2, 0) is 0 Å². The number of hydrogen-bond donors (Lipinski definition) is 2. The minimum atomic E-state index is 0.00397. The Kier molecular flexibility index (Phi) is 5.16. The third kappa shape index (κ3) is 4.47. The zero-order valence-corrected chi connectivity index (χ0v) is 14.8. The number of aromatic nitrogens is 2. The second-order valence-corrected chi connectivity index (χ2v) is 6.12. The fraction of sp³-hybridized carbons (Fsp3) is 0.0556. The first-order valence-corrected chi connectivity index (χ1v) is 8.20. The average Bonchev–Trinajstić information content (AvgIpc) is 2.59. The number of carbonyl (C=O) groups excluding carboxylic acids is 1. The summed E-state index contributed by atoms with van der Waals surface area (Å²) in [5, 5.41) is 7.26. The van der Waals surface area contributed by atoms with Crippen LogP contribution < -0.4 is 10.6 Å². The van der Waals surface area contributed by atoms with Gasteiger partial charge in [0.05, 0.1) is 10.7 Å². The number of nitrogens with one attached hydrogen (secondary N) is 2. The van der Waals surface area contributed by atoms with Crippen molar-refractivity contribution in [2.24, 2.45) is 0 Å². The number of anilines is 4. The van der Waals surface area contributed by atoms with E-state index < -0.39 is 0 Å². The Balaban J connectivity index is 1.81. The average molecular weight is 373 g/mol. The van der Waals surface area contributed by atoms with E-state index in [0.717, 1.165) is 5.69 Å². The lowest BCUT2D eigenvalue weighted by atomic mass is 10.1. The molecule has 0 saturated heterocycles. The summed E-state index contributed by atoms with van der Waals surface area (Å²) in [4.78, 5) is 20.0. The van der Waals surface area contributed by atoms with Crippen LogP contribution >= 0.6 is 23.2 Å². The number of hydrogen-bond acceptors (Lipinski definition) is 5. The fourth-order valence-electron chi connectivity index (χ4n) is 2.17. The number of carbonyl (C=O) groups is 1. The van der Waals surface area contributed by atoms with Gasteiger partial charge >= 0.3 is 0 Å². The second kappa shape index (κ2) is 7.51. The van der Waals surface area contributed by atoms with Gasteiger partial charge in [-0.05, 0) is 43.3 Å². The van der Waals surface area contributed by atoms with E-state index in [1.165, 1.54) is 6.92 Å². The molecule has 0 aliphatic rings. The number of halogens is 2. The molecule has 2 N–H and O–H groups in total. The van der Waals surface area contributed by atoms with Gasteiger partial charge in [-0.15, -0.1) is 0 Å². The first-order valence-electron chi connectivity index (χ1n) is 7.44. The van der Waals surface area contributed by atoms with E-state index >= 15 is 0 Å². The molecule has 126 valence electrons. The zero-order chi connectivity index (χ0) is 17.8. The van der Waals surface area contributed by atoms with Gasteiger partial charge in [0.2, 0.25) is 5.95 Å². The monoisotopic (exact) mass is 372 g/mol. The number of nitrogens with zero attached hydrogens (tertiary/aromatic N) is 2. The predicted molar refractivity (Wildman–Crippen MR) is 102 cm³/mol. The Morgan fingerprint density at radius 3 is 2.68 bits per heavy atom. The largest absolute Gasteiger partial charge is 0.340 e. The predicted octanol–water partition coefficient (Wildman–Crippen LogP) is 5.47. The van der Waals surface area contributed by atoms with Gasteiger partial charge in [-0.25, -0.2) is 4.98 Å². The highest BCUT2D eigenvalue weighted by Gasteiger charge is 2.06. The van der Waals surface area contributed by atoms with Gasteiger partial charge in [0.25, 0.3) is 0 Å². The molecular weight excluding hydrogens is 359 g/mol. The number of Topliss-reactive ketones (excluding diaryl/α,β-unsaturated/α-hetero) is 1. The minimum absolute atomic E-state index is 0.00397. The number of benzene rings is 2. The SMILES string of the molecule is CC(=O)c1cccc(Nc2ccnc(Nc3cc(Cl)ccc3Cl)n2)c1. The van der Waals surface area contributed by atoms with Crippen LogP contribution in [0, 0.1) is 0 Å². The van der Waals surface area contributed by atoms with Gasteiger partial charge in [-0.2, -0.15) is 4.98 Å². The first-order chi connectivity index (χ1) is 12.0. The Labute approximate surface area is 155 Å². The lowest BCUT2D eigenvalue weighted by molar-refractivity contribution is 0.101. The smallest absolute Gasteiger partial charge is 0.229 e. The van der Waals surface area contributed by atoms with Crippen molar-refractivity contribution in [1.82, 2.24) is 9.97 Å². The van der Waals surface area contributed by atoms with Crippen molar-refractivity contribution in [3.63, 3.8) is 0 Å². The van der Waals surface area contributed by atoms with Crippen LogP contribution in [0.4, 0.5) is 23.1 Å². The summed E-state index contributed by atoms with van der Waals surface area (Å²) in [5.74, 6) is 0.956. The minimum Gasteiger partial charge on any atom is -0.340 e. The molecule has 0 amide bonds. The van der Waals surface area contributed by atoms with Crippen LogP contribution in [0.15, 0.2) is 54.7 Å². The van der Waals surface area contributed by atoms with Gasteiger partial charge in [-0.1, -0.05) is 35.3 Å². The van der Waals surface area contributed by atoms with E-state index in [1.54, 1.807) is 42.6 Å². The molecule has 0 unspecified atom stereocenters. The Bertz CT molecular complexity index is 930. The molecule has 7 heteroatoms. The van der Waals surface area contributed by atoms with Crippen LogP contribution in [0.3, 0.4) is 0 Å². The standard InChI is InChI=1S/C18H14Cl2N4O/c1-11(25)12-3-2-4-14(9-12)22-17-7-8-21-18(24-17)23-16-10-13(19)5-6-15(16)20/h2-10H,1H3,(H2,21,22,23,24). The normalized spacial score (nSPS) is 10.4. The van der Waals surface area contributed by atoms with Crippen molar-refractivity contribution >= 4 is 52.1 Å². The summed E-state index contributed by atoms with van der Waals surface area (Å²) in [7, 11) is 0. The van der Waals surface area contributed by atoms with Crippen LogP contribution in [0.5, 0.6) is 0 Å². The van der Waals surface area contributed by atoms with Crippen LogP contribution in [-0.4, -0.2) is 15.8 Å². The van der Waals surface area contributed by atoms with E-state index in [9.17, 15) is 4.79 Å². The van der Waals surface area contributed by atoms with Crippen LogP contribution in [0.25, 0.3) is 0 Å². The maximum Gasteiger partial charge on any atom is 0.229 e. The zero-order valence-electron chi connectivity index (χ0n) is 13.3. The molecule has 0 aliphatic carbocycles. The van der Waals surface area contributed by atoms with Crippen molar-refractivity contribution in [1.29, 1.82) is 0 Å². The quantitative estimate of drug-likeness (QED) is 0.580. The van der Waals surface area contributed by atoms with Gasteiger partial charge < -0.3 is 10.6 Å². The molecular formula is C18H14Cl2N4O. The van der Waals surface area contributed by atoms with E-state index in [2.05, 4.69) is 20.6 Å². The summed E-state index contributed by atoms with van der Waals surface area (Å²) in [6.07, 6.45) is 1.62. The fourth-order valence-corrected chi connectivity index (χ4v) is 2.50. The van der Waals surface area contributed by atoms with E-state index in [0.29, 0.717) is 33.1 Å². The molecule has 0 aliphatic heterocycles. The molecule has 25 heavy (non-hydrogen) atoms. The maximum absolute atomic E-state index is 11.5. The first kappa shape index (κ1) is 17.2. The Morgan fingerprint density at radius 1 is 1.04 bits per heavy atom. The summed E-state index contributed by atoms with van der Waals surface area (Å²) in [6.45, 7) is 1.53. The van der Waals surface area contributed by atoms with Crippen LogP contribution in [0.2, 0.25) is 10.0 Å². The highest BCUT2D eigenvalue weighted by Crippen LogP contribution is 2.27.